The van der Waals surface area contributed by atoms with Crippen molar-refractivity contribution in [1.29, 1.82) is 0 Å². The Balaban J connectivity index is 1.68. The first kappa shape index (κ1) is 29.6. The lowest BCUT2D eigenvalue weighted by atomic mass is 9.48. The quantitative estimate of drug-likeness (QED) is 0.269. The summed E-state index contributed by atoms with van der Waals surface area (Å²) in [5, 5.41) is 0. The van der Waals surface area contributed by atoms with E-state index in [1.165, 1.54) is 116 Å². The van der Waals surface area contributed by atoms with E-state index in [4.69, 9.17) is 0 Å². The molecule has 3 saturated carbocycles. The fourth-order valence-corrected chi connectivity index (χ4v) is 9.89. The Hall–Kier alpha value is 0. The summed E-state index contributed by atoms with van der Waals surface area (Å²) in [5.41, 5.74) is 1.72. The third kappa shape index (κ3) is 6.72. The van der Waals surface area contributed by atoms with E-state index < -0.39 is 0 Å². The lowest BCUT2D eigenvalue weighted by molar-refractivity contribution is -0.0744. The van der Waals surface area contributed by atoms with Gasteiger partial charge in [0.15, 0.2) is 0 Å². The maximum Gasteiger partial charge on any atom is -0.0246 e. The van der Waals surface area contributed by atoms with Gasteiger partial charge in [0, 0.05) is 0 Å². The second-order valence-corrected chi connectivity index (χ2v) is 15.5. The molecule has 3 rings (SSSR count). The third-order valence-electron chi connectivity index (χ3n) is 12.9. The highest BCUT2D eigenvalue weighted by Gasteiger charge is 2.53. The van der Waals surface area contributed by atoms with Crippen molar-refractivity contribution in [1.82, 2.24) is 0 Å². The van der Waals surface area contributed by atoms with E-state index in [0.717, 1.165) is 35.5 Å². The molecule has 0 amide bonds. The second kappa shape index (κ2) is 12.7. The van der Waals surface area contributed by atoms with Gasteiger partial charge in [-0.25, -0.2) is 0 Å². The van der Waals surface area contributed by atoms with Crippen LogP contribution in [0.2, 0.25) is 0 Å². The molecule has 0 heteroatoms. The van der Waals surface area contributed by atoms with Crippen molar-refractivity contribution in [3.8, 4) is 0 Å². The predicted molar refractivity (Wildman–Crippen MR) is 157 cm³/mol. The summed E-state index contributed by atoms with van der Waals surface area (Å²) in [7, 11) is 0. The molecule has 0 saturated heterocycles. The Morgan fingerprint density at radius 2 is 1.54 bits per heavy atom. The minimum Gasteiger partial charge on any atom is -0.0654 e. The fraction of sp³-hybridized carbons (Fsp3) is 1.00. The molecule has 8 unspecified atom stereocenters. The molecule has 0 aromatic carbocycles. The van der Waals surface area contributed by atoms with E-state index in [2.05, 4.69) is 55.4 Å². The zero-order chi connectivity index (χ0) is 25.7. The summed E-state index contributed by atoms with van der Waals surface area (Å²) < 4.78 is 0. The standard InChI is InChI=1S/C35H66/c1-9-10-11-12-17-30-22-25-35(8)29(5)21-24-34(7)31(18-14-23-33(35,6)26-30)19-20-32(34)28(4)16-13-15-27(2)3/h27-32H,9-26H2,1-8H3. The predicted octanol–water partition coefficient (Wildman–Crippen LogP) is 11.9. The number of rotatable bonds is 10. The molecule has 0 aromatic heterocycles. The van der Waals surface area contributed by atoms with Crippen molar-refractivity contribution in [2.75, 3.05) is 0 Å². The highest BCUT2D eigenvalue weighted by Crippen LogP contribution is 2.63. The molecule has 0 radical (unpaired) electrons. The molecule has 0 spiro atoms. The van der Waals surface area contributed by atoms with Crippen LogP contribution in [-0.4, -0.2) is 0 Å². The molecule has 3 fully saturated rings. The number of hydrogen-bond donors (Lipinski definition) is 0. The van der Waals surface area contributed by atoms with E-state index in [9.17, 15) is 0 Å². The molecule has 0 nitrogen and oxygen atoms in total. The minimum atomic E-state index is 0.549. The molecule has 8 atom stereocenters. The van der Waals surface area contributed by atoms with Crippen LogP contribution in [0.1, 0.15) is 171 Å². The van der Waals surface area contributed by atoms with Crippen molar-refractivity contribution in [3.05, 3.63) is 0 Å². The van der Waals surface area contributed by atoms with Gasteiger partial charge in [-0.2, -0.15) is 0 Å². The van der Waals surface area contributed by atoms with E-state index in [-0.39, 0.29) is 0 Å². The van der Waals surface area contributed by atoms with E-state index >= 15 is 0 Å². The van der Waals surface area contributed by atoms with Gasteiger partial charge >= 0.3 is 0 Å². The van der Waals surface area contributed by atoms with Gasteiger partial charge in [0.05, 0.1) is 0 Å². The van der Waals surface area contributed by atoms with Crippen molar-refractivity contribution in [2.45, 2.75) is 171 Å². The fourth-order valence-electron chi connectivity index (χ4n) is 9.89. The molecule has 0 bridgehead atoms. The highest BCUT2D eigenvalue weighted by molar-refractivity contribution is 5.03. The first-order valence-electron chi connectivity index (χ1n) is 16.6. The Kier molecular flexibility index (Phi) is 10.7. The SMILES string of the molecule is CCCCCCC1CCC2(C)C(C)CCC3(C)C(CCCC2(C)C1)CCC3C(C)CCCC(C)C. The van der Waals surface area contributed by atoms with E-state index in [1.807, 2.05) is 0 Å². The second-order valence-electron chi connectivity index (χ2n) is 15.5. The Morgan fingerprint density at radius 1 is 0.771 bits per heavy atom. The van der Waals surface area contributed by atoms with Crippen LogP contribution in [0.3, 0.4) is 0 Å². The van der Waals surface area contributed by atoms with Crippen LogP contribution in [0.5, 0.6) is 0 Å². The third-order valence-corrected chi connectivity index (χ3v) is 12.9. The maximum absolute atomic E-state index is 2.76. The summed E-state index contributed by atoms with van der Waals surface area (Å²) in [6.07, 6.45) is 26.7. The summed E-state index contributed by atoms with van der Waals surface area (Å²) >= 11 is 0. The molecular formula is C35H66. The molecule has 3 aliphatic carbocycles. The Morgan fingerprint density at radius 3 is 2.26 bits per heavy atom. The number of fused-ring (bicyclic) bond motifs is 2. The number of hydrogen-bond acceptors (Lipinski definition) is 0. The van der Waals surface area contributed by atoms with Crippen molar-refractivity contribution in [2.24, 2.45) is 51.8 Å². The zero-order valence-electron chi connectivity index (χ0n) is 25.7. The lowest BCUT2D eigenvalue weighted by Gasteiger charge is -2.57. The van der Waals surface area contributed by atoms with E-state index in [0.29, 0.717) is 16.2 Å². The molecule has 0 N–H and O–H groups in total. The van der Waals surface area contributed by atoms with Crippen LogP contribution < -0.4 is 0 Å². The van der Waals surface area contributed by atoms with Gasteiger partial charge in [-0.1, -0.05) is 113 Å². The van der Waals surface area contributed by atoms with E-state index in [1.54, 1.807) is 0 Å². The van der Waals surface area contributed by atoms with Gasteiger partial charge in [0.1, 0.15) is 0 Å². The molecular weight excluding hydrogens is 420 g/mol. The first-order chi connectivity index (χ1) is 16.6. The maximum atomic E-state index is 2.76. The Labute approximate surface area is 222 Å². The smallest absolute Gasteiger partial charge is 0.0246 e. The highest BCUT2D eigenvalue weighted by atomic mass is 14.6. The zero-order valence-corrected chi connectivity index (χ0v) is 25.7. The number of unbranched alkanes of at least 4 members (excludes halogenated alkanes) is 3. The summed E-state index contributed by atoms with van der Waals surface area (Å²) in [5.74, 6) is 5.64. The molecule has 206 valence electrons. The topological polar surface area (TPSA) is 0 Å². The normalized spacial score (nSPS) is 41.4. The van der Waals surface area contributed by atoms with Crippen molar-refractivity contribution in [3.63, 3.8) is 0 Å². The summed E-state index contributed by atoms with van der Waals surface area (Å²) in [6, 6.07) is 0. The molecule has 0 heterocycles. The molecule has 0 aliphatic heterocycles. The molecule has 0 aromatic rings. The van der Waals surface area contributed by atoms with Gasteiger partial charge in [0.25, 0.3) is 0 Å². The molecule has 35 heavy (non-hydrogen) atoms. The first-order valence-corrected chi connectivity index (χ1v) is 16.6. The van der Waals surface area contributed by atoms with Gasteiger partial charge in [-0.05, 0) is 110 Å². The minimum absolute atomic E-state index is 0.549. The van der Waals surface area contributed by atoms with Gasteiger partial charge in [-0.3, -0.25) is 0 Å². The van der Waals surface area contributed by atoms with Gasteiger partial charge in [-0.15, -0.1) is 0 Å². The van der Waals surface area contributed by atoms with Crippen molar-refractivity contribution < 1.29 is 0 Å². The van der Waals surface area contributed by atoms with Gasteiger partial charge in [0.2, 0.25) is 0 Å². The Bertz CT molecular complexity index is 620. The van der Waals surface area contributed by atoms with Crippen LogP contribution in [0.15, 0.2) is 0 Å². The van der Waals surface area contributed by atoms with Gasteiger partial charge < -0.3 is 0 Å². The van der Waals surface area contributed by atoms with Crippen LogP contribution in [0.25, 0.3) is 0 Å². The van der Waals surface area contributed by atoms with Crippen molar-refractivity contribution >= 4 is 0 Å². The van der Waals surface area contributed by atoms with Crippen LogP contribution in [-0.2, 0) is 0 Å². The monoisotopic (exact) mass is 487 g/mol. The average molecular weight is 487 g/mol. The van der Waals surface area contributed by atoms with Crippen LogP contribution in [0.4, 0.5) is 0 Å². The van der Waals surface area contributed by atoms with Crippen LogP contribution >= 0.6 is 0 Å². The lowest BCUT2D eigenvalue weighted by Crippen LogP contribution is -2.48. The average Bonchev–Trinajstić information content (AvgIpc) is 3.13. The molecule has 3 aliphatic rings. The largest absolute Gasteiger partial charge is 0.0654 e. The van der Waals surface area contributed by atoms with Crippen LogP contribution in [0, 0.1) is 51.8 Å². The summed E-state index contributed by atoms with van der Waals surface area (Å²) in [6.45, 7) is 20.7. The summed E-state index contributed by atoms with van der Waals surface area (Å²) in [4.78, 5) is 0.